The first kappa shape index (κ1) is 17.5. The molecule has 0 bridgehead atoms. The number of amides is 2. The van der Waals surface area contributed by atoms with Crippen molar-refractivity contribution in [1.82, 2.24) is 5.32 Å². The molecule has 24 heavy (non-hydrogen) atoms. The van der Waals surface area contributed by atoms with E-state index >= 15 is 0 Å². The van der Waals surface area contributed by atoms with Gasteiger partial charge in [-0.25, -0.2) is 4.79 Å². The van der Waals surface area contributed by atoms with Gasteiger partial charge >= 0.3 is 6.03 Å². The predicted octanol–water partition coefficient (Wildman–Crippen LogP) is 3.34. The number of rotatable bonds is 6. The summed E-state index contributed by atoms with van der Waals surface area (Å²) in [7, 11) is 4.65. The minimum absolute atomic E-state index is 0.293. The van der Waals surface area contributed by atoms with Crippen LogP contribution in [0.2, 0.25) is 0 Å². The van der Waals surface area contributed by atoms with Crippen molar-refractivity contribution in [3.8, 4) is 17.2 Å². The first-order valence-corrected chi connectivity index (χ1v) is 7.48. The molecule has 0 heterocycles. The van der Waals surface area contributed by atoms with Crippen LogP contribution in [0.3, 0.4) is 0 Å². The van der Waals surface area contributed by atoms with Crippen LogP contribution < -0.4 is 24.8 Å². The molecule has 0 unspecified atom stereocenters. The van der Waals surface area contributed by atoms with Gasteiger partial charge in [0, 0.05) is 17.8 Å². The molecule has 0 saturated heterocycles. The van der Waals surface area contributed by atoms with Crippen LogP contribution in [-0.4, -0.2) is 27.4 Å². The summed E-state index contributed by atoms with van der Waals surface area (Å²) < 4.78 is 16.0. The first-order valence-electron chi connectivity index (χ1n) is 7.48. The molecule has 2 amide bonds. The third-order valence-electron chi connectivity index (χ3n) is 3.53. The zero-order valence-corrected chi connectivity index (χ0v) is 14.3. The Morgan fingerprint density at radius 1 is 0.917 bits per heavy atom. The molecule has 2 aromatic rings. The summed E-state index contributed by atoms with van der Waals surface area (Å²) in [5, 5.41) is 5.58. The Balaban J connectivity index is 2.05. The molecule has 0 aliphatic carbocycles. The van der Waals surface area contributed by atoms with Gasteiger partial charge in [-0.15, -0.1) is 0 Å². The summed E-state index contributed by atoms with van der Waals surface area (Å²) in [5.41, 5.74) is 2.66. The molecule has 0 fully saturated rings. The van der Waals surface area contributed by atoms with E-state index in [2.05, 4.69) is 10.6 Å². The molecule has 0 aromatic heterocycles. The number of carbonyl (C=O) groups excluding carboxylic acids is 1. The van der Waals surface area contributed by atoms with Gasteiger partial charge in [0.25, 0.3) is 0 Å². The molecule has 128 valence electrons. The van der Waals surface area contributed by atoms with Gasteiger partial charge in [0.2, 0.25) is 5.75 Å². The highest BCUT2D eigenvalue weighted by Crippen LogP contribution is 2.39. The highest BCUT2D eigenvalue weighted by molar-refractivity contribution is 5.89. The lowest BCUT2D eigenvalue weighted by Gasteiger charge is -2.16. The lowest BCUT2D eigenvalue weighted by Crippen LogP contribution is -2.28. The molecule has 6 heteroatoms. The van der Waals surface area contributed by atoms with E-state index in [9.17, 15) is 4.79 Å². The van der Waals surface area contributed by atoms with Gasteiger partial charge in [0.15, 0.2) is 11.5 Å². The average Bonchev–Trinajstić information content (AvgIpc) is 2.60. The van der Waals surface area contributed by atoms with E-state index in [0.29, 0.717) is 23.8 Å². The Labute approximate surface area is 141 Å². The number of methoxy groups -OCH3 is 3. The Morgan fingerprint density at radius 3 is 2.17 bits per heavy atom. The van der Waals surface area contributed by atoms with E-state index < -0.39 is 0 Å². The highest BCUT2D eigenvalue weighted by atomic mass is 16.5. The van der Waals surface area contributed by atoms with Crippen LogP contribution in [-0.2, 0) is 6.54 Å². The van der Waals surface area contributed by atoms with Crippen LogP contribution in [0.4, 0.5) is 10.5 Å². The molecule has 2 aromatic carbocycles. The Bertz CT molecular complexity index is 699. The zero-order valence-electron chi connectivity index (χ0n) is 14.3. The fraction of sp³-hybridized carbons (Fsp3) is 0.278. The summed E-state index contributed by atoms with van der Waals surface area (Å²) in [6.07, 6.45) is 0. The van der Waals surface area contributed by atoms with Crippen molar-refractivity contribution in [2.75, 3.05) is 26.6 Å². The van der Waals surface area contributed by atoms with Gasteiger partial charge in [-0.3, -0.25) is 0 Å². The number of urea groups is 1. The fourth-order valence-corrected chi connectivity index (χ4v) is 2.29. The molecule has 2 rings (SSSR count). The predicted molar refractivity (Wildman–Crippen MR) is 93.1 cm³/mol. The number of ether oxygens (including phenoxy) is 3. The summed E-state index contributed by atoms with van der Waals surface area (Å²) in [4.78, 5) is 12.0. The van der Waals surface area contributed by atoms with Crippen molar-refractivity contribution >= 4 is 11.7 Å². The van der Waals surface area contributed by atoms with E-state index in [4.69, 9.17) is 14.2 Å². The molecule has 6 nitrogen and oxygen atoms in total. The highest BCUT2D eigenvalue weighted by Gasteiger charge is 2.16. The second kappa shape index (κ2) is 8.10. The van der Waals surface area contributed by atoms with Gasteiger partial charge in [0.05, 0.1) is 21.3 Å². The lowest BCUT2D eigenvalue weighted by atomic mass is 10.1. The second-order valence-corrected chi connectivity index (χ2v) is 5.17. The molecule has 0 spiro atoms. The standard InChI is InChI=1S/C18H22N2O4/c1-12-5-8-14(9-6-12)20-18(21)19-11-13-7-10-15(22-2)17(24-4)16(13)23-3/h5-10H,11H2,1-4H3,(H2,19,20,21). The number of nitrogens with one attached hydrogen (secondary N) is 2. The van der Waals surface area contributed by atoms with Gasteiger partial charge in [0.1, 0.15) is 0 Å². The maximum Gasteiger partial charge on any atom is 0.319 e. The number of hydrogen-bond donors (Lipinski definition) is 2. The smallest absolute Gasteiger partial charge is 0.319 e. The van der Waals surface area contributed by atoms with E-state index in [0.717, 1.165) is 16.8 Å². The van der Waals surface area contributed by atoms with Crippen molar-refractivity contribution in [3.63, 3.8) is 0 Å². The molecule has 2 N–H and O–H groups in total. The van der Waals surface area contributed by atoms with Crippen LogP contribution in [0.25, 0.3) is 0 Å². The van der Waals surface area contributed by atoms with Gasteiger partial charge in [-0.2, -0.15) is 0 Å². The Kier molecular flexibility index (Phi) is 5.89. The van der Waals surface area contributed by atoms with Crippen molar-refractivity contribution < 1.29 is 19.0 Å². The molecule has 0 saturated carbocycles. The first-order chi connectivity index (χ1) is 11.6. The molecule has 0 radical (unpaired) electrons. The van der Waals surface area contributed by atoms with Crippen molar-refractivity contribution in [2.45, 2.75) is 13.5 Å². The van der Waals surface area contributed by atoms with Crippen molar-refractivity contribution in [3.05, 3.63) is 47.5 Å². The summed E-state index contributed by atoms with van der Waals surface area (Å²) >= 11 is 0. The van der Waals surface area contributed by atoms with Crippen molar-refractivity contribution in [1.29, 1.82) is 0 Å². The maximum absolute atomic E-state index is 12.0. The quantitative estimate of drug-likeness (QED) is 0.852. The summed E-state index contributed by atoms with van der Waals surface area (Å²) in [6.45, 7) is 2.29. The van der Waals surface area contributed by atoms with E-state index in [1.54, 1.807) is 27.4 Å². The number of benzene rings is 2. The Morgan fingerprint density at radius 2 is 1.58 bits per heavy atom. The number of carbonyl (C=O) groups is 1. The largest absolute Gasteiger partial charge is 0.493 e. The average molecular weight is 330 g/mol. The Hall–Kier alpha value is -2.89. The number of aryl methyl sites for hydroxylation is 1. The number of hydrogen-bond acceptors (Lipinski definition) is 4. The normalized spacial score (nSPS) is 10.0. The van der Waals surface area contributed by atoms with Gasteiger partial charge in [-0.1, -0.05) is 17.7 Å². The summed E-state index contributed by atoms with van der Waals surface area (Å²) in [6, 6.07) is 10.9. The topological polar surface area (TPSA) is 68.8 Å². The SMILES string of the molecule is COc1ccc(CNC(=O)Nc2ccc(C)cc2)c(OC)c1OC. The van der Waals surface area contributed by atoms with Crippen LogP contribution >= 0.6 is 0 Å². The van der Waals surface area contributed by atoms with Gasteiger partial charge < -0.3 is 24.8 Å². The minimum Gasteiger partial charge on any atom is -0.493 e. The summed E-state index contributed by atoms with van der Waals surface area (Å²) in [5.74, 6) is 1.60. The third kappa shape index (κ3) is 4.10. The maximum atomic E-state index is 12.0. The molecule has 0 aliphatic heterocycles. The molecule has 0 aliphatic rings. The monoisotopic (exact) mass is 330 g/mol. The van der Waals surface area contributed by atoms with E-state index in [1.165, 1.54) is 0 Å². The van der Waals surface area contributed by atoms with E-state index in [-0.39, 0.29) is 6.03 Å². The molecule has 0 atom stereocenters. The lowest BCUT2D eigenvalue weighted by molar-refractivity contribution is 0.251. The van der Waals surface area contributed by atoms with Crippen LogP contribution in [0.1, 0.15) is 11.1 Å². The zero-order chi connectivity index (χ0) is 17.5. The van der Waals surface area contributed by atoms with Crippen LogP contribution in [0, 0.1) is 6.92 Å². The van der Waals surface area contributed by atoms with Crippen LogP contribution in [0.15, 0.2) is 36.4 Å². The van der Waals surface area contributed by atoms with Gasteiger partial charge in [-0.05, 0) is 31.2 Å². The number of anilines is 1. The molecular formula is C18H22N2O4. The van der Waals surface area contributed by atoms with Crippen molar-refractivity contribution in [2.24, 2.45) is 0 Å². The third-order valence-corrected chi connectivity index (χ3v) is 3.53. The van der Waals surface area contributed by atoms with Crippen LogP contribution in [0.5, 0.6) is 17.2 Å². The van der Waals surface area contributed by atoms with E-state index in [1.807, 2.05) is 37.3 Å². The second-order valence-electron chi connectivity index (χ2n) is 5.17. The minimum atomic E-state index is -0.296. The molecular weight excluding hydrogens is 308 g/mol. The fourth-order valence-electron chi connectivity index (χ4n) is 2.29.